The van der Waals surface area contributed by atoms with E-state index >= 15 is 0 Å². The lowest BCUT2D eigenvalue weighted by molar-refractivity contribution is -0.121. The van der Waals surface area contributed by atoms with Crippen molar-refractivity contribution in [3.8, 4) is 17.2 Å². The molecule has 0 heterocycles. The van der Waals surface area contributed by atoms with Gasteiger partial charge >= 0.3 is 5.97 Å². The highest BCUT2D eigenvalue weighted by Crippen LogP contribution is 2.28. The van der Waals surface area contributed by atoms with Crippen molar-refractivity contribution in [2.75, 3.05) is 14.2 Å². The Morgan fingerprint density at radius 1 is 0.967 bits per heavy atom. The normalized spacial score (nSPS) is 10.6. The van der Waals surface area contributed by atoms with Gasteiger partial charge < -0.3 is 14.2 Å². The lowest BCUT2D eigenvalue weighted by atomic mass is 10.1. The molecule has 0 aliphatic heterocycles. The van der Waals surface area contributed by atoms with Gasteiger partial charge in [0.15, 0.2) is 11.5 Å². The average Bonchev–Trinajstić information content (AvgIpc) is 2.77. The Labute approximate surface area is 177 Å². The Hall–Kier alpha value is -3.35. The highest BCUT2D eigenvalue weighted by molar-refractivity contribution is 5.92. The van der Waals surface area contributed by atoms with Crippen molar-refractivity contribution in [3.05, 3.63) is 53.6 Å². The molecule has 0 aliphatic carbocycles. The summed E-state index contributed by atoms with van der Waals surface area (Å²) in [7, 11) is 3.03. The van der Waals surface area contributed by atoms with E-state index in [1.54, 1.807) is 48.7 Å². The zero-order valence-corrected chi connectivity index (χ0v) is 17.6. The summed E-state index contributed by atoms with van der Waals surface area (Å²) in [5.41, 5.74) is 3.64. The van der Waals surface area contributed by atoms with E-state index in [-0.39, 0.29) is 5.91 Å². The predicted octanol–water partition coefficient (Wildman–Crippen LogP) is 4.34. The molecule has 7 heteroatoms. The van der Waals surface area contributed by atoms with Crippen molar-refractivity contribution >= 4 is 18.1 Å². The number of unbranched alkanes of at least 4 members (excludes halogenated alkanes) is 3. The molecule has 2 aromatic carbocycles. The number of ether oxygens (including phenoxy) is 3. The summed E-state index contributed by atoms with van der Waals surface area (Å²) in [4.78, 5) is 24.0. The molecule has 0 aromatic heterocycles. The summed E-state index contributed by atoms with van der Waals surface area (Å²) in [5.74, 6) is 0.777. The first-order chi connectivity index (χ1) is 14.6. The van der Waals surface area contributed by atoms with Gasteiger partial charge in [-0.15, -0.1) is 0 Å². The van der Waals surface area contributed by atoms with E-state index in [0.29, 0.717) is 29.2 Å². The number of amides is 1. The summed E-state index contributed by atoms with van der Waals surface area (Å²) < 4.78 is 15.8. The Morgan fingerprint density at radius 2 is 1.70 bits per heavy atom. The van der Waals surface area contributed by atoms with E-state index in [1.807, 2.05) is 0 Å². The highest BCUT2D eigenvalue weighted by atomic mass is 16.5. The first-order valence-corrected chi connectivity index (χ1v) is 9.93. The van der Waals surface area contributed by atoms with Gasteiger partial charge in [-0.1, -0.05) is 26.2 Å². The zero-order chi connectivity index (χ0) is 21.8. The summed E-state index contributed by atoms with van der Waals surface area (Å²) in [6.07, 6.45) is 6.22. The lowest BCUT2D eigenvalue weighted by Gasteiger charge is -2.09. The molecule has 0 saturated carbocycles. The van der Waals surface area contributed by atoms with Crippen LogP contribution in [0.2, 0.25) is 0 Å². The van der Waals surface area contributed by atoms with Gasteiger partial charge in [-0.3, -0.25) is 4.79 Å². The number of nitrogens with one attached hydrogen (secondary N) is 1. The van der Waals surface area contributed by atoms with Crippen LogP contribution in [0, 0.1) is 0 Å². The maximum atomic E-state index is 12.3. The van der Waals surface area contributed by atoms with E-state index in [4.69, 9.17) is 14.2 Å². The van der Waals surface area contributed by atoms with Gasteiger partial charge in [0.1, 0.15) is 5.75 Å². The van der Waals surface area contributed by atoms with Crippen LogP contribution < -0.4 is 19.6 Å². The van der Waals surface area contributed by atoms with Gasteiger partial charge in [-0.25, -0.2) is 10.2 Å². The molecule has 2 rings (SSSR count). The SMILES string of the molecule is CCCCCCC(=O)N/N=C/c1ccc(OC(=O)c2ccc(OC)c(OC)c2)cc1. The van der Waals surface area contributed by atoms with Crippen LogP contribution in [0.25, 0.3) is 0 Å². The van der Waals surface area contributed by atoms with Crippen LogP contribution in [0.15, 0.2) is 47.6 Å². The fraction of sp³-hybridized carbons (Fsp3) is 0.348. The molecule has 160 valence electrons. The summed E-state index contributed by atoms with van der Waals surface area (Å²) in [6, 6.07) is 11.6. The Kier molecular flexibility index (Phi) is 9.37. The van der Waals surface area contributed by atoms with Crippen molar-refractivity contribution in [2.24, 2.45) is 5.10 Å². The fourth-order valence-electron chi connectivity index (χ4n) is 2.70. The van der Waals surface area contributed by atoms with Crippen LogP contribution in [0.5, 0.6) is 17.2 Å². The van der Waals surface area contributed by atoms with E-state index in [1.165, 1.54) is 14.2 Å². The maximum Gasteiger partial charge on any atom is 0.343 e. The number of esters is 1. The van der Waals surface area contributed by atoms with E-state index in [0.717, 1.165) is 31.2 Å². The number of hydrogen-bond donors (Lipinski definition) is 1. The minimum atomic E-state index is -0.507. The van der Waals surface area contributed by atoms with Crippen LogP contribution in [-0.2, 0) is 4.79 Å². The van der Waals surface area contributed by atoms with Gasteiger partial charge in [0.2, 0.25) is 5.91 Å². The van der Waals surface area contributed by atoms with Crippen molar-refractivity contribution < 1.29 is 23.8 Å². The molecule has 0 fully saturated rings. The number of hydrogen-bond acceptors (Lipinski definition) is 6. The van der Waals surface area contributed by atoms with Gasteiger partial charge in [0.25, 0.3) is 0 Å². The molecule has 0 radical (unpaired) electrons. The second kappa shape index (κ2) is 12.3. The monoisotopic (exact) mass is 412 g/mol. The van der Waals surface area contributed by atoms with E-state index in [9.17, 15) is 9.59 Å². The summed E-state index contributed by atoms with van der Waals surface area (Å²) in [6.45, 7) is 2.13. The molecule has 0 unspecified atom stereocenters. The maximum absolute atomic E-state index is 12.3. The molecule has 0 bridgehead atoms. The summed E-state index contributed by atoms with van der Waals surface area (Å²) in [5, 5.41) is 3.96. The second-order valence-corrected chi connectivity index (χ2v) is 6.63. The summed E-state index contributed by atoms with van der Waals surface area (Å²) >= 11 is 0. The Morgan fingerprint density at radius 3 is 2.37 bits per heavy atom. The quantitative estimate of drug-likeness (QED) is 0.195. The molecule has 0 spiro atoms. The van der Waals surface area contributed by atoms with Crippen molar-refractivity contribution in [2.45, 2.75) is 39.0 Å². The molecular formula is C23H28N2O5. The van der Waals surface area contributed by atoms with Crippen molar-refractivity contribution in [1.82, 2.24) is 5.43 Å². The number of carbonyl (C=O) groups excluding carboxylic acids is 2. The Bertz CT molecular complexity index is 862. The van der Waals surface area contributed by atoms with E-state index in [2.05, 4.69) is 17.5 Å². The predicted molar refractivity (Wildman–Crippen MR) is 115 cm³/mol. The van der Waals surface area contributed by atoms with Gasteiger partial charge in [0.05, 0.1) is 26.0 Å². The minimum Gasteiger partial charge on any atom is -0.493 e. The second-order valence-electron chi connectivity index (χ2n) is 6.63. The average molecular weight is 412 g/mol. The molecule has 0 saturated heterocycles. The standard InChI is InChI=1S/C23H28N2O5/c1-4-5-6-7-8-22(26)25-24-16-17-9-12-19(13-10-17)30-23(27)18-11-14-20(28-2)21(15-18)29-3/h9-16H,4-8H2,1-3H3,(H,25,26)/b24-16+. The highest BCUT2D eigenvalue weighted by Gasteiger charge is 2.12. The molecule has 7 nitrogen and oxygen atoms in total. The van der Waals surface area contributed by atoms with Crippen LogP contribution >= 0.6 is 0 Å². The zero-order valence-electron chi connectivity index (χ0n) is 17.6. The number of nitrogens with zero attached hydrogens (tertiary/aromatic N) is 1. The lowest BCUT2D eigenvalue weighted by Crippen LogP contribution is -2.16. The Balaban J connectivity index is 1.87. The van der Waals surface area contributed by atoms with Crippen molar-refractivity contribution in [1.29, 1.82) is 0 Å². The number of benzene rings is 2. The van der Waals surface area contributed by atoms with Crippen LogP contribution in [0.3, 0.4) is 0 Å². The van der Waals surface area contributed by atoms with Crippen LogP contribution in [-0.4, -0.2) is 32.3 Å². The van der Waals surface area contributed by atoms with Crippen LogP contribution in [0.1, 0.15) is 54.9 Å². The largest absolute Gasteiger partial charge is 0.493 e. The van der Waals surface area contributed by atoms with Crippen LogP contribution in [0.4, 0.5) is 0 Å². The number of hydrazone groups is 1. The number of methoxy groups -OCH3 is 2. The molecule has 1 N–H and O–H groups in total. The molecule has 1 amide bonds. The van der Waals surface area contributed by atoms with E-state index < -0.39 is 5.97 Å². The third kappa shape index (κ3) is 7.24. The third-order valence-corrected chi connectivity index (χ3v) is 4.37. The number of rotatable bonds is 11. The first kappa shape index (κ1) is 22.9. The molecule has 0 atom stereocenters. The third-order valence-electron chi connectivity index (χ3n) is 4.37. The molecule has 30 heavy (non-hydrogen) atoms. The van der Waals surface area contributed by atoms with Gasteiger partial charge in [-0.05, 0) is 54.4 Å². The minimum absolute atomic E-state index is 0.0946. The smallest absolute Gasteiger partial charge is 0.343 e. The van der Waals surface area contributed by atoms with Gasteiger partial charge in [0, 0.05) is 6.42 Å². The molecule has 0 aliphatic rings. The first-order valence-electron chi connectivity index (χ1n) is 9.93. The number of carbonyl (C=O) groups is 2. The van der Waals surface area contributed by atoms with Gasteiger partial charge in [-0.2, -0.15) is 5.10 Å². The van der Waals surface area contributed by atoms with Crippen molar-refractivity contribution in [3.63, 3.8) is 0 Å². The molecular weight excluding hydrogens is 384 g/mol. The topological polar surface area (TPSA) is 86.2 Å². The fourth-order valence-corrected chi connectivity index (χ4v) is 2.70. The molecule has 2 aromatic rings.